The predicted octanol–water partition coefficient (Wildman–Crippen LogP) is 4.90. The SMILES string of the molecule is CCc1nc2c(C)cc(C(=O)O)nc2n1Cc1ccc(-c2ccsc2S(=O)(=O)NC(=O)c2ccccc2)cc1. The highest BCUT2D eigenvalue weighted by molar-refractivity contribution is 7.92. The van der Waals surface area contributed by atoms with Gasteiger partial charge in [0, 0.05) is 17.5 Å². The van der Waals surface area contributed by atoms with Crippen molar-refractivity contribution >= 4 is 44.4 Å². The molecule has 0 spiro atoms. The molecule has 0 fully saturated rings. The first-order valence-electron chi connectivity index (χ1n) is 12.1. The lowest BCUT2D eigenvalue weighted by Gasteiger charge is -2.10. The number of hydrogen-bond donors (Lipinski definition) is 2. The van der Waals surface area contributed by atoms with Gasteiger partial charge in [-0.05, 0) is 53.3 Å². The number of aromatic carboxylic acids is 1. The Morgan fingerprint density at radius 2 is 1.74 bits per heavy atom. The fourth-order valence-corrected chi connectivity index (χ4v) is 6.71. The number of rotatable bonds is 8. The molecule has 5 rings (SSSR count). The van der Waals surface area contributed by atoms with E-state index in [1.165, 1.54) is 6.07 Å². The highest BCUT2D eigenvalue weighted by Crippen LogP contribution is 2.32. The average molecular weight is 561 g/mol. The number of carboxylic acid groups (broad SMARTS) is 1. The molecule has 0 saturated carbocycles. The van der Waals surface area contributed by atoms with Crippen molar-refractivity contribution in [2.75, 3.05) is 0 Å². The molecule has 0 bridgehead atoms. The maximum Gasteiger partial charge on any atom is 0.354 e. The number of imidazole rings is 1. The van der Waals surface area contributed by atoms with E-state index in [2.05, 4.69) is 14.7 Å². The van der Waals surface area contributed by atoms with Crippen LogP contribution in [-0.2, 0) is 23.0 Å². The molecule has 0 atom stereocenters. The quantitative estimate of drug-likeness (QED) is 0.276. The number of carbonyl (C=O) groups is 2. The van der Waals surface area contributed by atoms with E-state index >= 15 is 0 Å². The minimum absolute atomic E-state index is 0.0373. The van der Waals surface area contributed by atoms with Gasteiger partial charge >= 0.3 is 5.97 Å². The molecule has 9 nitrogen and oxygen atoms in total. The van der Waals surface area contributed by atoms with E-state index in [-0.39, 0.29) is 15.5 Å². The molecule has 0 aliphatic heterocycles. The van der Waals surface area contributed by atoms with Crippen molar-refractivity contribution < 1.29 is 23.1 Å². The molecule has 0 unspecified atom stereocenters. The van der Waals surface area contributed by atoms with Crippen molar-refractivity contribution in [3.05, 3.63) is 100 Å². The lowest BCUT2D eigenvalue weighted by atomic mass is 10.1. The standard InChI is InChI=1S/C28H24N4O5S2/c1-3-23-30-24-17(2)15-22(27(34)35)29-25(24)32(23)16-18-9-11-19(12-10-18)21-13-14-38-28(21)39(36,37)31-26(33)20-7-5-4-6-8-20/h4-15H,3,16H2,1-2H3,(H,31,33)(H,34,35). The van der Waals surface area contributed by atoms with Gasteiger partial charge in [0.1, 0.15) is 15.6 Å². The molecule has 11 heteroatoms. The molecule has 0 aliphatic rings. The second kappa shape index (κ2) is 10.4. The molecule has 5 aromatic rings. The van der Waals surface area contributed by atoms with Crippen LogP contribution < -0.4 is 4.72 Å². The first-order valence-corrected chi connectivity index (χ1v) is 14.4. The van der Waals surface area contributed by atoms with Crippen LogP contribution in [0.15, 0.2) is 76.3 Å². The van der Waals surface area contributed by atoms with Gasteiger partial charge in [0.15, 0.2) is 11.3 Å². The first-order chi connectivity index (χ1) is 18.7. The molecule has 39 heavy (non-hydrogen) atoms. The second-order valence-corrected chi connectivity index (χ2v) is 11.7. The predicted molar refractivity (Wildman–Crippen MR) is 149 cm³/mol. The van der Waals surface area contributed by atoms with E-state index in [1.54, 1.807) is 41.8 Å². The summed E-state index contributed by atoms with van der Waals surface area (Å²) >= 11 is 1.04. The third-order valence-corrected chi connectivity index (χ3v) is 9.07. The largest absolute Gasteiger partial charge is 0.477 e. The van der Waals surface area contributed by atoms with Crippen LogP contribution in [0.25, 0.3) is 22.3 Å². The van der Waals surface area contributed by atoms with Gasteiger partial charge < -0.3 is 9.67 Å². The van der Waals surface area contributed by atoms with Crippen molar-refractivity contribution in [1.82, 2.24) is 19.3 Å². The summed E-state index contributed by atoms with van der Waals surface area (Å²) in [5, 5.41) is 11.1. The Morgan fingerprint density at radius 1 is 1.03 bits per heavy atom. The monoisotopic (exact) mass is 560 g/mol. The van der Waals surface area contributed by atoms with Crippen molar-refractivity contribution in [2.45, 2.75) is 31.0 Å². The maximum absolute atomic E-state index is 13.1. The van der Waals surface area contributed by atoms with Crippen LogP contribution >= 0.6 is 11.3 Å². The van der Waals surface area contributed by atoms with E-state index in [1.807, 2.05) is 42.7 Å². The smallest absolute Gasteiger partial charge is 0.354 e. The normalized spacial score (nSPS) is 11.5. The number of aromatic nitrogens is 3. The number of sulfonamides is 1. The van der Waals surface area contributed by atoms with Gasteiger partial charge in [-0.15, -0.1) is 11.3 Å². The molecule has 0 aliphatic carbocycles. The summed E-state index contributed by atoms with van der Waals surface area (Å²) in [6.07, 6.45) is 0.640. The number of fused-ring (bicyclic) bond motifs is 1. The summed E-state index contributed by atoms with van der Waals surface area (Å²) in [7, 11) is -4.09. The summed E-state index contributed by atoms with van der Waals surface area (Å²) in [5.74, 6) is -1.01. The van der Waals surface area contributed by atoms with Crippen LogP contribution in [0.4, 0.5) is 0 Å². The van der Waals surface area contributed by atoms with Crippen LogP contribution in [0.2, 0.25) is 0 Å². The number of nitrogens with one attached hydrogen (secondary N) is 1. The molecule has 0 saturated heterocycles. The second-order valence-electron chi connectivity index (χ2n) is 8.89. The van der Waals surface area contributed by atoms with E-state index in [9.17, 15) is 23.1 Å². The minimum Gasteiger partial charge on any atom is -0.477 e. The third kappa shape index (κ3) is 5.18. The Labute approximate surface area is 228 Å². The van der Waals surface area contributed by atoms with E-state index in [0.717, 1.165) is 28.3 Å². The highest BCUT2D eigenvalue weighted by atomic mass is 32.2. The number of carbonyl (C=O) groups excluding carboxylic acids is 1. The Morgan fingerprint density at radius 3 is 2.41 bits per heavy atom. The van der Waals surface area contributed by atoms with Crippen LogP contribution in [0.1, 0.15) is 44.7 Å². The summed E-state index contributed by atoms with van der Waals surface area (Å²) < 4.78 is 30.2. The zero-order valence-electron chi connectivity index (χ0n) is 21.1. The van der Waals surface area contributed by atoms with Gasteiger partial charge in [0.25, 0.3) is 15.9 Å². The lowest BCUT2D eigenvalue weighted by molar-refractivity contribution is 0.0690. The van der Waals surface area contributed by atoms with Crippen molar-refractivity contribution in [2.24, 2.45) is 0 Å². The number of nitrogens with zero attached hydrogens (tertiary/aromatic N) is 3. The van der Waals surface area contributed by atoms with Crippen LogP contribution in [0.3, 0.4) is 0 Å². The number of benzene rings is 2. The lowest BCUT2D eigenvalue weighted by Crippen LogP contribution is -2.30. The summed E-state index contributed by atoms with van der Waals surface area (Å²) in [6.45, 7) is 4.21. The van der Waals surface area contributed by atoms with Crippen molar-refractivity contribution in [1.29, 1.82) is 0 Å². The fourth-order valence-electron chi connectivity index (χ4n) is 4.34. The van der Waals surface area contributed by atoms with Crippen LogP contribution in [0, 0.1) is 6.92 Å². The van der Waals surface area contributed by atoms with Crippen molar-refractivity contribution in [3.63, 3.8) is 0 Å². The van der Waals surface area contributed by atoms with Crippen LogP contribution in [0.5, 0.6) is 0 Å². The number of pyridine rings is 1. The van der Waals surface area contributed by atoms with Gasteiger partial charge in [-0.2, -0.15) is 0 Å². The van der Waals surface area contributed by atoms with Gasteiger partial charge in [0.2, 0.25) is 0 Å². The molecule has 198 valence electrons. The number of hydrogen-bond acceptors (Lipinski definition) is 7. The molecule has 0 radical (unpaired) electrons. The Balaban J connectivity index is 1.43. The van der Waals surface area contributed by atoms with Gasteiger partial charge in [-0.1, -0.05) is 49.4 Å². The van der Waals surface area contributed by atoms with Gasteiger partial charge in [0.05, 0.1) is 6.54 Å². The third-order valence-electron chi connectivity index (χ3n) is 6.25. The number of aryl methyl sites for hydroxylation is 2. The maximum atomic E-state index is 13.1. The number of carboxylic acids is 1. The van der Waals surface area contributed by atoms with Crippen molar-refractivity contribution in [3.8, 4) is 11.1 Å². The fraction of sp³-hybridized carbons (Fsp3) is 0.143. The van der Waals surface area contributed by atoms with Gasteiger partial charge in [-0.3, -0.25) is 4.79 Å². The molecule has 3 heterocycles. The zero-order chi connectivity index (χ0) is 27.7. The first kappa shape index (κ1) is 26.3. The van der Waals surface area contributed by atoms with E-state index in [0.29, 0.717) is 35.3 Å². The number of amides is 1. The summed E-state index contributed by atoms with van der Waals surface area (Å²) in [4.78, 5) is 33.1. The zero-order valence-corrected chi connectivity index (χ0v) is 22.7. The van der Waals surface area contributed by atoms with E-state index < -0.39 is 21.9 Å². The molecule has 3 aromatic heterocycles. The van der Waals surface area contributed by atoms with E-state index in [4.69, 9.17) is 0 Å². The average Bonchev–Trinajstić information content (AvgIpc) is 3.56. The summed E-state index contributed by atoms with van der Waals surface area (Å²) in [6, 6.07) is 18.8. The highest BCUT2D eigenvalue weighted by Gasteiger charge is 2.24. The topological polar surface area (TPSA) is 131 Å². The summed E-state index contributed by atoms with van der Waals surface area (Å²) in [5.41, 5.74) is 4.21. The minimum atomic E-state index is -4.09. The van der Waals surface area contributed by atoms with Gasteiger partial charge in [-0.25, -0.2) is 27.9 Å². The van der Waals surface area contributed by atoms with Crippen LogP contribution in [-0.4, -0.2) is 39.9 Å². The molecule has 2 aromatic carbocycles. The molecular weight excluding hydrogens is 536 g/mol. The Bertz CT molecular complexity index is 1810. The Hall–Kier alpha value is -4.35. The number of thiophene rings is 1. The molecule has 1 amide bonds. The Kier molecular flexibility index (Phi) is 7.02. The molecular formula is C28H24N4O5S2. The molecule has 2 N–H and O–H groups in total.